The molecule has 0 aromatic heterocycles. The standard InChI is InChI=1S/C15H27N3O/c1-16-12-15(6-4-7-15)14(19)18-10-9-17-8-3-2-5-13(17)11-18/h13,16H,2-12H2,1H3. The maximum atomic E-state index is 12.8. The Labute approximate surface area is 116 Å². The fourth-order valence-electron chi connectivity index (χ4n) is 4.08. The molecule has 1 saturated carbocycles. The third kappa shape index (κ3) is 2.40. The number of nitrogens with zero attached hydrogens (tertiary/aromatic N) is 2. The fraction of sp³-hybridized carbons (Fsp3) is 0.933. The molecule has 0 aromatic carbocycles. The first-order valence-corrected chi connectivity index (χ1v) is 7.93. The lowest BCUT2D eigenvalue weighted by Crippen LogP contribution is -2.61. The van der Waals surface area contributed by atoms with Gasteiger partial charge < -0.3 is 10.2 Å². The Hall–Kier alpha value is -0.610. The Morgan fingerprint density at radius 3 is 2.74 bits per heavy atom. The van der Waals surface area contributed by atoms with Gasteiger partial charge in [0.2, 0.25) is 5.91 Å². The third-order valence-corrected chi connectivity index (χ3v) is 5.40. The second-order valence-electron chi connectivity index (χ2n) is 6.60. The maximum Gasteiger partial charge on any atom is 0.230 e. The molecule has 2 aliphatic heterocycles. The summed E-state index contributed by atoms with van der Waals surface area (Å²) in [4.78, 5) is 17.6. The molecule has 4 heteroatoms. The smallest absolute Gasteiger partial charge is 0.230 e. The number of amides is 1. The summed E-state index contributed by atoms with van der Waals surface area (Å²) in [7, 11) is 1.96. The van der Waals surface area contributed by atoms with E-state index in [1.807, 2.05) is 7.05 Å². The molecule has 1 N–H and O–H groups in total. The molecule has 2 saturated heterocycles. The first kappa shape index (κ1) is 13.4. The van der Waals surface area contributed by atoms with Gasteiger partial charge in [-0.25, -0.2) is 0 Å². The predicted octanol–water partition coefficient (Wildman–Crippen LogP) is 1.07. The van der Waals surface area contributed by atoms with Gasteiger partial charge in [-0.3, -0.25) is 9.69 Å². The van der Waals surface area contributed by atoms with Crippen LogP contribution in [0.5, 0.6) is 0 Å². The van der Waals surface area contributed by atoms with Gasteiger partial charge in [-0.05, 0) is 39.3 Å². The summed E-state index contributed by atoms with van der Waals surface area (Å²) in [6.07, 6.45) is 7.34. The van der Waals surface area contributed by atoms with Crippen molar-refractivity contribution in [3.05, 3.63) is 0 Å². The summed E-state index contributed by atoms with van der Waals surface area (Å²) in [5.41, 5.74) is -0.0639. The van der Waals surface area contributed by atoms with Crippen molar-refractivity contribution in [2.75, 3.05) is 39.8 Å². The number of piperazine rings is 1. The molecule has 19 heavy (non-hydrogen) atoms. The number of rotatable bonds is 3. The minimum absolute atomic E-state index is 0.0639. The molecule has 1 unspecified atom stereocenters. The SMILES string of the molecule is CNCC1(C(=O)N2CCN3CCCCC3C2)CCC1. The summed E-state index contributed by atoms with van der Waals surface area (Å²) in [6, 6.07) is 0.637. The second-order valence-corrected chi connectivity index (χ2v) is 6.60. The zero-order valence-electron chi connectivity index (χ0n) is 12.2. The average Bonchev–Trinajstić information content (AvgIpc) is 2.41. The third-order valence-electron chi connectivity index (χ3n) is 5.40. The number of hydrogen-bond acceptors (Lipinski definition) is 3. The summed E-state index contributed by atoms with van der Waals surface area (Å²) in [5, 5.41) is 3.23. The van der Waals surface area contributed by atoms with Crippen molar-refractivity contribution in [2.45, 2.75) is 44.6 Å². The first-order chi connectivity index (χ1) is 9.25. The lowest BCUT2D eigenvalue weighted by atomic mass is 9.67. The molecule has 1 atom stereocenters. The van der Waals surface area contributed by atoms with Gasteiger partial charge in [0.15, 0.2) is 0 Å². The molecule has 1 aliphatic carbocycles. The summed E-state index contributed by atoms with van der Waals surface area (Å²) >= 11 is 0. The summed E-state index contributed by atoms with van der Waals surface area (Å²) in [6.45, 7) is 5.11. The van der Waals surface area contributed by atoms with Crippen molar-refractivity contribution in [2.24, 2.45) is 5.41 Å². The van der Waals surface area contributed by atoms with E-state index < -0.39 is 0 Å². The van der Waals surface area contributed by atoms with Crippen LogP contribution < -0.4 is 5.32 Å². The van der Waals surface area contributed by atoms with E-state index in [1.165, 1.54) is 32.2 Å². The Kier molecular flexibility index (Phi) is 3.81. The lowest BCUT2D eigenvalue weighted by Gasteiger charge is -2.49. The second kappa shape index (κ2) is 5.41. The normalized spacial score (nSPS) is 30.6. The molecular formula is C15H27N3O. The molecular weight excluding hydrogens is 238 g/mol. The number of piperidine rings is 1. The lowest BCUT2D eigenvalue weighted by molar-refractivity contribution is -0.150. The molecule has 1 amide bonds. The minimum Gasteiger partial charge on any atom is -0.339 e. The van der Waals surface area contributed by atoms with Gasteiger partial charge in [0, 0.05) is 32.2 Å². The Morgan fingerprint density at radius 1 is 1.21 bits per heavy atom. The summed E-state index contributed by atoms with van der Waals surface area (Å²) in [5.74, 6) is 0.429. The number of hydrogen-bond donors (Lipinski definition) is 1. The van der Waals surface area contributed by atoms with Crippen molar-refractivity contribution in [1.82, 2.24) is 15.1 Å². The molecule has 0 aromatic rings. The Balaban J connectivity index is 1.64. The number of carbonyl (C=O) groups excluding carboxylic acids is 1. The number of nitrogens with one attached hydrogen (secondary N) is 1. The molecule has 0 radical (unpaired) electrons. The van der Waals surface area contributed by atoms with E-state index in [9.17, 15) is 4.79 Å². The predicted molar refractivity (Wildman–Crippen MR) is 76.0 cm³/mol. The highest BCUT2D eigenvalue weighted by atomic mass is 16.2. The van der Waals surface area contributed by atoms with Crippen LogP contribution in [-0.4, -0.2) is 61.5 Å². The van der Waals surface area contributed by atoms with Gasteiger partial charge in [-0.1, -0.05) is 12.8 Å². The van der Waals surface area contributed by atoms with Gasteiger partial charge in [0.05, 0.1) is 5.41 Å². The largest absolute Gasteiger partial charge is 0.339 e. The van der Waals surface area contributed by atoms with Gasteiger partial charge in [-0.15, -0.1) is 0 Å². The highest BCUT2D eigenvalue weighted by molar-refractivity contribution is 5.84. The molecule has 108 valence electrons. The molecule has 3 fully saturated rings. The van der Waals surface area contributed by atoms with E-state index >= 15 is 0 Å². The van der Waals surface area contributed by atoms with Gasteiger partial charge in [0.1, 0.15) is 0 Å². The van der Waals surface area contributed by atoms with Crippen molar-refractivity contribution in [1.29, 1.82) is 0 Å². The van der Waals surface area contributed by atoms with Gasteiger partial charge in [0.25, 0.3) is 0 Å². The van der Waals surface area contributed by atoms with Crippen LogP contribution in [0, 0.1) is 5.41 Å². The van der Waals surface area contributed by atoms with Crippen LogP contribution in [-0.2, 0) is 4.79 Å². The fourth-order valence-corrected chi connectivity index (χ4v) is 4.08. The van der Waals surface area contributed by atoms with Crippen LogP contribution in [0.15, 0.2) is 0 Å². The van der Waals surface area contributed by atoms with Crippen LogP contribution in [0.25, 0.3) is 0 Å². The van der Waals surface area contributed by atoms with Crippen molar-refractivity contribution in [3.8, 4) is 0 Å². The maximum absolute atomic E-state index is 12.8. The molecule has 3 rings (SSSR count). The topological polar surface area (TPSA) is 35.6 Å². The quantitative estimate of drug-likeness (QED) is 0.829. The van der Waals surface area contributed by atoms with E-state index in [-0.39, 0.29) is 5.41 Å². The molecule has 0 bridgehead atoms. The summed E-state index contributed by atoms with van der Waals surface area (Å²) < 4.78 is 0. The van der Waals surface area contributed by atoms with Crippen LogP contribution in [0.4, 0.5) is 0 Å². The Bertz CT molecular complexity index is 340. The monoisotopic (exact) mass is 265 g/mol. The zero-order chi connectivity index (χ0) is 13.3. The average molecular weight is 265 g/mol. The van der Waals surface area contributed by atoms with E-state index in [1.54, 1.807) is 0 Å². The molecule has 0 spiro atoms. The van der Waals surface area contributed by atoms with E-state index in [4.69, 9.17) is 0 Å². The number of fused-ring (bicyclic) bond motifs is 1. The van der Waals surface area contributed by atoms with Crippen molar-refractivity contribution >= 4 is 5.91 Å². The van der Waals surface area contributed by atoms with Gasteiger partial charge >= 0.3 is 0 Å². The minimum atomic E-state index is -0.0639. The highest BCUT2D eigenvalue weighted by Crippen LogP contribution is 2.42. The van der Waals surface area contributed by atoms with Crippen molar-refractivity contribution in [3.63, 3.8) is 0 Å². The zero-order valence-corrected chi connectivity index (χ0v) is 12.2. The van der Waals surface area contributed by atoms with Crippen LogP contribution in [0.2, 0.25) is 0 Å². The molecule has 4 nitrogen and oxygen atoms in total. The van der Waals surface area contributed by atoms with Crippen LogP contribution in [0.3, 0.4) is 0 Å². The molecule has 2 heterocycles. The van der Waals surface area contributed by atoms with Crippen molar-refractivity contribution < 1.29 is 4.79 Å². The van der Waals surface area contributed by atoms with E-state index in [0.29, 0.717) is 11.9 Å². The van der Waals surface area contributed by atoms with Crippen LogP contribution >= 0.6 is 0 Å². The van der Waals surface area contributed by atoms with E-state index in [2.05, 4.69) is 15.1 Å². The number of carbonyl (C=O) groups is 1. The van der Waals surface area contributed by atoms with E-state index in [0.717, 1.165) is 39.0 Å². The van der Waals surface area contributed by atoms with Gasteiger partial charge in [-0.2, -0.15) is 0 Å². The first-order valence-electron chi connectivity index (χ1n) is 7.93. The highest BCUT2D eigenvalue weighted by Gasteiger charge is 2.46. The van der Waals surface area contributed by atoms with Crippen LogP contribution in [0.1, 0.15) is 38.5 Å². The Morgan fingerprint density at radius 2 is 2.05 bits per heavy atom. The molecule has 3 aliphatic rings.